The molecule has 0 aromatic carbocycles. The molecule has 2 saturated heterocycles. The molecule has 1 aromatic rings. The molecule has 0 bridgehead atoms. The van der Waals surface area contributed by atoms with Crippen LogP contribution in [0.15, 0.2) is 23.6 Å². The molecule has 0 aliphatic carbocycles. The minimum absolute atomic E-state index is 0.0911. The van der Waals surface area contributed by atoms with E-state index < -0.39 is 0 Å². The Morgan fingerprint density at radius 2 is 2.15 bits per heavy atom. The third-order valence-electron chi connectivity index (χ3n) is 5.94. The molecule has 0 spiro atoms. The zero-order chi connectivity index (χ0) is 19.2. The second kappa shape index (κ2) is 9.51. The van der Waals surface area contributed by atoms with E-state index >= 15 is 0 Å². The summed E-state index contributed by atoms with van der Waals surface area (Å²) >= 11 is 1.64. The third kappa shape index (κ3) is 4.99. The molecule has 2 aliphatic heterocycles. The smallest absolute Gasteiger partial charge is 0.246 e. The van der Waals surface area contributed by atoms with E-state index in [1.54, 1.807) is 17.4 Å². The number of rotatable bonds is 7. The molecule has 2 amide bonds. The molecule has 0 saturated carbocycles. The lowest BCUT2D eigenvalue weighted by molar-refractivity contribution is -0.143. The Kier molecular flexibility index (Phi) is 7.07. The first-order valence-corrected chi connectivity index (χ1v) is 11.0. The summed E-state index contributed by atoms with van der Waals surface area (Å²) in [5.74, 6) is 0.793. The highest BCUT2D eigenvalue weighted by atomic mass is 32.1. The fourth-order valence-corrected chi connectivity index (χ4v) is 4.89. The van der Waals surface area contributed by atoms with Gasteiger partial charge in [0.1, 0.15) is 0 Å². The van der Waals surface area contributed by atoms with Crippen molar-refractivity contribution >= 4 is 29.2 Å². The summed E-state index contributed by atoms with van der Waals surface area (Å²) in [6, 6.07) is 4.31. The van der Waals surface area contributed by atoms with Gasteiger partial charge in [-0.25, -0.2) is 0 Å². The Balaban J connectivity index is 1.57. The number of carbonyl (C=O) groups is 2. The van der Waals surface area contributed by atoms with Gasteiger partial charge in [0.25, 0.3) is 0 Å². The van der Waals surface area contributed by atoms with Gasteiger partial charge in [-0.3, -0.25) is 9.59 Å². The lowest BCUT2D eigenvalue weighted by atomic mass is 9.83. The number of fused-ring (bicyclic) bond motifs is 1. The Hall–Kier alpha value is -1.66. The van der Waals surface area contributed by atoms with Crippen LogP contribution in [-0.2, 0) is 9.59 Å². The minimum atomic E-state index is 0.0911. The monoisotopic (exact) mass is 389 g/mol. The predicted molar refractivity (Wildman–Crippen MR) is 111 cm³/mol. The SMILES string of the molecule is CCN(CC)CCN1C(=O)CC[C@@H]2CN(C(=O)C=Cc3cccs3)CC[C@@H]21. The van der Waals surface area contributed by atoms with E-state index in [2.05, 4.69) is 23.6 Å². The summed E-state index contributed by atoms with van der Waals surface area (Å²) < 4.78 is 0. The molecule has 0 radical (unpaired) electrons. The molecule has 3 rings (SSSR count). The minimum Gasteiger partial charge on any atom is -0.339 e. The molecule has 2 fully saturated rings. The van der Waals surface area contributed by atoms with Crippen molar-refractivity contribution in [2.75, 3.05) is 39.3 Å². The Bertz CT molecular complexity index is 654. The van der Waals surface area contributed by atoms with Crippen LogP contribution in [0.2, 0.25) is 0 Å². The van der Waals surface area contributed by atoms with Gasteiger partial charge in [0.05, 0.1) is 0 Å². The van der Waals surface area contributed by atoms with E-state index in [1.807, 2.05) is 28.5 Å². The second-order valence-electron chi connectivity index (χ2n) is 7.40. The number of hydrogen-bond donors (Lipinski definition) is 0. The number of nitrogens with zero attached hydrogens (tertiary/aromatic N) is 3. The largest absolute Gasteiger partial charge is 0.339 e. The van der Waals surface area contributed by atoms with Crippen LogP contribution in [0.3, 0.4) is 0 Å². The second-order valence-corrected chi connectivity index (χ2v) is 8.38. The molecule has 0 N–H and O–H groups in total. The standard InChI is InChI=1S/C21H31N3O2S/c1-3-22(4-2)13-14-24-19-11-12-23(16-17(19)7-9-21(24)26)20(25)10-8-18-6-5-15-27-18/h5-6,8,10,15,17,19H,3-4,7,9,11-14,16H2,1-2H3/t17-,19+/m1/s1. The van der Waals surface area contributed by atoms with Crippen LogP contribution >= 0.6 is 11.3 Å². The number of carbonyl (C=O) groups excluding carboxylic acids is 2. The van der Waals surface area contributed by atoms with E-state index in [0.717, 1.165) is 57.0 Å². The van der Waals surface area contributed by atoms with Crippen LogP contribution < -0.4 is 0 Å². The number of amides is 2. The molecule has 1 aromatic heterocycles. The van der Waals surface area contributed by atoms with Crippen molar-refractivity contribution < 1.29 is 9.59 Å². The zero-order valence-corrected chi connectivity index (χ0v) is 17.3. The van der Waals surface area contributed by atoms with Gasteiger partial charge in [0.2, 0.25) is 11.8 Å². The summed E-state index contributed by atoms with van der Waals surface area (Å²) in [5.41, 5.74) is 0. The highest BCUT2D eigenvalue weighted by Gasteiger charge is 2.39. The van der Waals surface area contributed by atoms with E-state index in [0.29, 0.717) is 24.3 Å². The third-order valence-corrected chi connectivity index (χ3v) is 6.78. The molecular formula is C21H31N3O2S. The summed E-state index contributed by atoms with van der Waals surface area (Å²) in [6.45, 7) is 9.63. The van der Waals surface area contributed by atoms with Crippen molar-refractivity contribution in [1.82, 2.24) is 14.7 Å². The maximum atomic E-state index is 12.6. The van der Waals surface area contributed by atoms with Crippen molar-refractivity contribution in [2.45, 2.75) is 39.2 Å². The summed E-state index contributed by atoms with van der Waals surface area (Å²) in [5, 5.41) is 2.02. The average molecular weight is 390 g/mol. The van der Waals surface area contributed by atoms with Gasteiger partial charge in [-0.15, -0.1) is 11.3 Å². The first-order chi connectivity index (χ1) is 13.1. The number of hydrogen-bond acceptors (Lipinski definition) is 4. The van der Waals surface area contributed by atoms with Crippen molar-refractivity contribution in [3.05, 3.63) is 28.5 Å². The van der Waals surface area contributed by atoms with Crippen molar-refractivity contribution in [2.24, 2.45) is 5.92 Å². The van der Waals surface area contributed by atoms with E-state index in [1.165, 1.54) is 0 Å². The van der Waals surface area contributed by atoms with Gasteiger partial charge >= 0.3 is 0 Å². The average Bonchev–Trinajstić information content (AvgIpc) is 3.21. The van der Waals surface area contributed by atoms with E-state index in [9.17, 15) is 9.59 Å². The number of thiophene rings is 1. The molecule has 0 unspecified atom stereocenters. The Morgan fingerprint density at radius 3 is 2.85 bits per heavy atom. The molecule has 5 nitrogen and oxygen atoms in total. The number of likely N-dealkylation sites (N-methyl/N-ethyl adjacent to an activating group) is 1. The maximum absolute atomic E-state index is 12.6. The van der Waals surface area contributed by atoms with Crippen molar-refractivity contribution in [1.29, 1.82) is 0 Å². The Morgan fingerprint density at radius 1 is 1.33 bits per heavy atom. The first kappa shape index (κ1) is 20.1. The fourth-order valence-electron chi connectivity index (χ4n) is 4.28. The molecule has 148 valence electrons. The number of likely N-dealkylation sites (tertiary alicyclic amines) is 2. The maximum Gasteiger partial charge on any atom is 0.246 e. The van der Waals surface area contributed by atoms with Crippen LogP contribution in [-0.4, -0.2) is 71.8 Å². The topological polar surface area (TPSA) is 43.9 Å². The van der Waals surface area contributed by atoms with Crippen LogP contribution in [0.25, 0.3) is 6.08 Å². The van der Waals surface area contributed by atoms with Gasteiger partial charge in [-0.05, 0) is 49.4 Å². The fraction of sp³-hybridized carbons (Fsp3) is 0.619. The molecule has 6 heteroatoms. The van der Waals surface area contributed by atoms with Crippen LogP contribution in [0.4, 0.5) is 0 Å². The Labute approximate surface area is 166 Å². The van der Waals surface area contributed by atoms with Gasteiger partial charge in [-0.1, -0.05) is 19.9 Å². The van der Waals surface area contributed by atoms with Crippen LogP contribution in [0, 0.1) is 5.92 Å². The lowest BCUT2D eigenvalue weighted by Crippen LogP contribution is -2.57. The van der Waals surface area contributed by atoms with Gasteiger partial charge in [0.15, 0.2) is 0 Å². The summed E-state index contributed by atoms with van der Waals surface area (Å²) in [4.78, 5) is 32.6. The van der Waals surface area contributed by atoms with Gasteiger partial charge in [0, 0.05) is 49.6 Å². The molecule has 3 heterocycles. The van der Waals surface area contributed by atoms with Gasteiger partial charge < -0.3 is 14.7 Å². The summed E-state index contributed by atoms with van der Waals surface area (Å²) in [6.07, 6.45) is 6.02. The van der Waals surface area contributed by atoms with Crippen molar-refractivity contribution in [3.8, 4) is 0 Å². The van der Waals surface area contributed by atoms with Gasteiger partial charge in [-0.2, -0.15) is 0 Å². The quantitative estimate of drug-likeness (QED) is 0.674. The summed E-state index contributed by atoms with van der Waals surface area (Å²) in [7, 11) is 0. The highest BCUT2D eigenvalue weighted by Crippen LogP contribution is 2.31. The van der Waals surface area contributed by atoms with Crippen LogP contribution in [0.1, 0.15) is 38.0 Å². The van der Waals surface area contributed by atoms with E-state index in [-0.39, 0.29) is 5.91 Å². The molecule has 27 heavy (non-hydrogen) atoms. The molecule has 2 aliphatic rings. The van der Waals surface area contributed by atoms with Crippen LogP contribution in [0.5, 0.6) is 0 Å². The normalized spacial score (nSPS) is 23.3. The van der Waals surface area contributed by atoms with Crippen molar-refractivity contribution in [3.63, 3.8) is 0 Å². The van der Waals surface area contributed by atoms with E-state index in [4.69, 9.17) is 0 Å². The first-order valence-electron chi connectivity index (χ1n) is 10.1. The lowest BCUT2D eigenvalue weighted by Gasteiger charge is -2.47. The molecular weight excluding hydrogens is 358 g/mol. The molecule has 2 atom stereocenters. The zero-order valence-electron chi connectivity index (χ0n) is 16.5. The predicted octanol–water partition coefficient (Wildman–Crippen LogP) is 2.94. The number of piperidine rings is 2. The highest BCUT2D eigenvalue weighted by molar-refractivity contribution is 7.10.